The largest absolute Gasteiger partial charge is 0.461 e. The van der Waals surface area contributed by atoms with Gasteiger partial charge in [0.2, 0.25) is 0 Å². The molecule has 0 aliphatic rings. The maximum atomic E-state index is 5.33. The lowest BCUT2D eigenvalue weighted by atomic mass is 10.2. The van der Waals surface area contributed by atoms with Crippen LogP contribution in [0.1, 0.15) is 26.0 Å². The molecule has 0 radical (unpaired) electrons. The Hall–Kier alpha value is -1.84. The fourth-order valence-electron chi connectivity index (χ4n) is 1.67. The van der Waals surface area contributed by atoms with Crippen molar-refractivity contribution in [2.24, 2.45) is 0 Å². The maximum absolute atomic E-state index is 5.33. The highest BCUT2D eigenvalue weighted by Gasteiger charge is 2.08. The van der Waals surface area contributed by atoms with E-state index >= 15 is 0 Å². The van der Waals surface area contributed by atoms with E-state index in [1.54, 1.807) is 6.26 Å². The Labute approximate surface area is 101 Å². The van der Waals surface area contributed by atoms with Crippen LogP contribution in [0.15, 0.2) is 28.9 Å². The first kappa shape index (κ1) is 11.6. The number of nitrogens with one attached hydrogen (secondary N) is 1. The van der Waals surface area contributed by atoms with E-state index in [1.807, 2.05) is 25.1 Å². The van der Waals surface area contributed by atoms with Gasteiger partial charge in [-0.25, -0.2) is 9.97 Å². The number of aromatic nitrogens is 2. The van der Waals surface area contributed by atoms with E-state index in [-0.39, 0.29) is 0 Å². The number of furan rings is 1. The van der Waals surface area contributed by atoms with Gasteiger partial charge in [-0.2, -0.15) is 0 Å². The molecule has 0 amide bonds. The molecule has 0 bridgehead atoms. The topological polar surface area (TPSA) is 51.0 Å². The van der Waals surface area contributed by atoms with Crippen molar-refractivity contribution in [3.63, 3.8) is 0 Å². The molecule has 0 fully saturated rings. The van der Waals surface area contributed by atoms with Gasteiger partial charge in [-0.05, 0) is 25.5 Å². The summed E-state index contributed by atoms with van der Waals surface area (Å²) in [4.78, 5) is 8.93. The lowest BCUT2D eigenvalue weighted by Crippen LogP contribution is -2.03. The molecular formula is C13H17N3O. The summed E-state index contributed by atoms with van der Waals surface area (Å²) in [7, 11) is 0. The van der Waals surface area contributed by atoms with E-state index in [1.165, 1.54) is 0 Å². The third kappa shape index (κ3) is 2.84. The third-order valence-corrected chi connectivity index (χ3v) is 2.38. The molecular weight excluding hydrogens is 214 g/mol. The summed E-state index contributed by atoms with van der Waals surface area (Å²) in [5, 5.41) is 3.22. The Morgan fingerprint density at radius 3 is 2.82 bits per heavy atom. The molecule has 0 unspecified atom stereocenters. The Morgan fingerprint density at radius 1 is 1.29 bits per heavy atom. The van der Waals surface area contributed by atoms with Gasteiger partial charge in [0, 0.05) is 18.3 Å². The van der Waals surface area contributed by atoms with Crippen molar-refractivity contribution in [3.8, 4) is 11.6 Å². The fourth-order valence-corrected chi connectivity index (χ4v) is 1.67. The Kier molecular flexibility index (Phi) is 3.75. The van der Waals surface area contributed by atoms with Gasteiger partial charge in [0.25, 0.3) is 0 Å². The summed E-state index contributed by atoms with van der Waals surface area (Å²) >= 11 is 0. The normalized spacial score (nSPS) is 10.5. The lowest BCUT2D eigenvalue weighted by molar-refractivity contribution is 0.576. The molecule has 2 aromatic heterocycles. The summed E-state index contributed by atoms with van der Waals surface area (Å²) in [6, 6.07) is 5.72. The van der Waals surface area contributed by atoms with Gasteiger partial charge in [0.1, 0.15) is 5.82 Å². The second-order valence-electron chi connectivity index (χ2n) is 3.83. The monoisotopic (exact) mass is 231 g/mol. The van der Waals surface area contributed by atoms with Crippen molar-refractivity contribution in [1.29, 1.82) is 0 Å². The second kappa shape index (κ2) is 5.48. The third-order valence-electron chi connectivity index (χ3n) is 2.38. The van der Waals surface area contributed by atoms with Crippen LogP contribution in [0.2, 0.25) is 0 Å². The predicted octanol–water partition coefficient (Wildman–Crippen LogP) is 3.12. The number of hydrogen-bond acceptors (Lipinski definition) is 4. The number of rotatable bonds is 5. The highest BCUT2D eigenvalue weighted by molar-refractivity contribution is 5.51. The first-order valence-corrected chi connectivity index (χ1v) is 5.99. The van der Waals surface area contributed by atoms with Crippen molar-refractivity contribution in [1.82, 2.24) is 9.97 Å². The quantitative estimate of drug-likeness (QED) is 0.859. The minimum atomic E-state index is 0.650. The van der Waals surface area contributed by atoms with E-state index in [0.717, 1.165) is 30.9 Å². The summed E-state index contributed by atoms with van der Waals surface area (Å²) < 4.78 is 5.33. The van der Waals surface area contributed by atoms with Gasteiger partial charge < -0.3 is 9.73 Å². The van der Waals surface area contributed by atoms with Crippen molar-refractivity contribution in [2.45, 2.75) is 26.7 Å². The molecule has 0 aliphatic carbocycles. The molecule has 0 saturated carbocycles. The zero-order valence-electron chi connectivity index (χ0n) is 10.2. The van der Waals surface area contributed by atoms with Crippen molar-refractivity contribution in [2.75, 3.05) is 11.9 Å². The van der Waals surface area contributed by atoms with Crippen molar-refractivity contribution < 1.29 is 4.42 Å². The van der Waals surface area contributed by atoms with E-state index in [4.69, 9.17) is 4.42 Å². The molecule has 4 heteroatoms. The molecule has 2 rings (SSSR count). The van der Waals surface area contributed by atoms with Crippen LogP contribution in [-0.4, -0.2) is 16.5 Å². The molecule has 4 nitrogen and oxygen atoms in total. The van der Waals surface area contributed by atoms with Crippen molar-refractivity contribution >= 4 is 5.82 Å². The van der Waals surface area contributed by atoms with E-state index in [2.05, 4.69) is 22.2 Å². The zero-order valence-corrected chi connectivity index (χ0v) is 10.2. The minimum absolute atomic E-state index is 0.650. The van der Waals surface area contributed by atoms with Crippen molar-refractivity contribution in [3.05, 3.63) is 30.2 Å². The van der Waals surface area contributed by atoms with Crippen LogP contribution in [-0.2, 0) is 6.42 Å². The molecule has 2 aromatic rings. The molecule has 2 heterocycles. The van der Waals surface area contributed by atoms with E-state index < -0.39 is 0 Å². The second-order valence-corrected chi connectivity index (χ2v) is 3.83. The van der Waals surface area contributed by atoms with Crippen LogP contribution in [0, 0.1) is 0 Å². The SMILES string of the molecule is CCCc1cc(NCC)nc(-c2ccco2)n1. The molecule has 0 aromatic carbocycles. The summed E-state index contributed by atoms with van der Waals surface area (Å²) in [5.41, 5.74) is 1.05. The number of aryl methyl sites for hydroxylation is 1. The van der Waals surface area contributed by atoms with Crippen LogP contribution >= 0.6 is 0 Å². The average Bonchev–Trinajstić information content (AvgIpc) is 2.83. The van der Waals surface area contributed by atoms with E-state index in [0.29, 0.717) is 11.6 Å². The van der Waals surface area contributed by atoms with Crippen LogP contribution in [0.25, 0.3) is 11.6 Å². The minimum Gasteiger partial charge on any atom is -0.461 e. The van der Waals surface area contributed by atoms with Gasteiger partial charge in [-0.3, -0.25) is 0 Å². The Balaban J connectivity index is 2.37. The molecule has 0 atom stereocenters. The Bertz CT molecular complexity index is 441. The molecule has 0 aliphatic heterocycles. The first-order valence-electron chi connectivity index (χ1n) is 5.99. The van der Waals surface area contributed by atoms with Crippen LogP contribution in [0.4, 0.5) is 5.82 Å². The number of hydrogen-bond donors (Lipinski definition) is 1. The van der Waals surface area contributed by atoms with Gasteiger partial charge in [-0.1, -0.05) is 13.3 Å². The highest BCUT2D eigenvalue weighted by Crippen LogP contribution is 2.18. The maximum Gasteiger partial charge on any atom is 0.197 e. The number of nitrogens with zero attached hydrogens (tertiary/aromatic N) is 2. The summed E-state index contributed by atoms with van der Waals surface area (Å²) in [6.45, 7) is 5.04. The standard InChI is InChI=1S/C13H17N3O/c1-3-6-10-9-12(14-4-2)16-13(15-10)11-7-5-8-17-11/h5,7-9H,3-4,6H2,1-2H3,(H,14,15,16). The average molecular weight is 231 g/mol. The number of anilines is 1. The molecule has 0 spiro atoms. The summed E-state index contributed by atoms with van der Waals surface area (Å²) in [6.07, 6.45) is 3.66. The van der Waals surface area contributed by atoms with Crippen LogP contribution < -0.4 is 5.32 Å². The fraction of sp³-hybridized carbons (Fsp3) is 0.385. The van der Waals surface area contributed by atoms with Gasteiger partial charge in [0.15, 0.2) is 11.6 Å². The highest BCUT2D eigenvalue weighted by atomic mass is 16.3. The summed E-state index contributed by atoms with van der Waals surface area (Å²) in [5.74, 6) is 2.22. The molecule has 1 N–H and O–H groups in total. The molecule has 0 saturated heterocycles. The predicted molar refractivity (Wildman–Crippen MR) is 67.9 cm³/mol. The van der Waals surface area contributed by atoms with Crippen LogP contribution in [0.5, 0.6) is 0 Å². The molecule has 90 valence electrons. The lowest BCUT2D eigenvalue weighted by Gasteiger charge is -2.07. The van der Waals surface area contributed by atoms with E-state index in [9.17, 15) is 0 Å². The Morgan fingerprint density at radius 2 is 2.18 bits per heavy atom. The smallest absolute Gasteiger partial charge is 0.197 e. The van der Waals surface area contributed by atoms with Gasteiger partial charge in [0.05, 0.1) is 6.26 Å². The zero-order chi connectivity index (χ0) is 12.1. The molecule has 17 heavy (non-hydrogen) atoms. The first-order chi connectivity index (χ1) is 8.33. The van der Waals surface area contributed by atoms with Crippen LogP contribution in [0.3, 0.4) is 0 Å². The van der Waals surface area contributed by atoms with Gasteiger partial charge >= 0.3 is 0 Å². The van der Waals surface area contributed by atoms with Gasteiger partial charge in [-0.15, -0.1) is 0 Å².